The first-order chi connectivity index (χ1) is 8.69. The molecule has 106 valence electrons. The third-order valence-electron chi connectivity index (χ3n) is 5.72. The summed E-state index contributed by atoms with van der Waals surface area (Å²) >= 11 is 0. The summed E-state index contributed by atoms with van der Waals surface area (Å²) in [4.78, 5) is 0. The summed E-state index contributed by atoms with van der Waals surface area (Å²) in [5.41, 5.74) is 0. The Kier molecular flexibility index (Phi) is 5.54. The van der Waals surface area contributed by atoms with Gasteiger partial charge in [-0.1, -0.05) is 39.5 Å². The highest BCUT2D eigenvalue weighted by Crippen LogP contribution is 2.39. The smallest absolute Gasteiger partial charge is 0.0540 e. The molecule has 2 aliphatic carbocycles. The van der Waals surface area contributed by atoms with Gasteiger partial charge in [-0.15, -0.1) is 0 Å². The zero-order valence-corrected chi connectivity index (χ0v) is 12.4. The molecule has 1 nitrogen and oxygen atoms in total. The molecule has 0 radical (unpaired) electrons. The van der Waals surface area contributed by atoms with Crippen LogP contribution in [0.3, 0.4) is 0 Å². The van der Waals surface area contributed by atoms with Crippen molar-refractivity contribution in [1.82, 2.24) is 0 Å². The molecule has 3 unspecified atom stereocenters. The fourth-order valence-electron chi connectivity index (χ4n) is 4.38. The van der Waals surface area contributed by atoms with Crippen LogP contribution in [0.4, 0.5) is 0 Å². The van der Waals surface area contributed by atoms with Gasteiger partial charge in [0.1, 0.15) is 0 Å². The molecule has 1 N–H and O–H groups in total. The monoisotopic (exact) mass is 252 g/mol. The lowest BCUT2D eigenvalue weighted by Crippen LogP contribution is -2.25. The number of hydrogen-bond donors (Lipinski definition) is 1. The Balaban J connectivity index is 1.74. The fourth-order valence-corrected chi connectivity index (χ4v) is 4.38. The van der Waals surface area contributed by atoms with E-state index in [9.17, 15) is 5.11 Å². The highest BCUT2D eigenvalue weighted by molar-refractivity contribution is 4.79. The van der Waals surface area contributed by atoms with Crippen molar-refractivity contribution in [2.75, 3.05) is 0 Å². The summed E-state index contributed by atoms with van der Waals surface area (Å²) in [5, 5.41) is 9.60. The molecule has 2 aliphatic rings. The summed E-state index contributed by atoms with van der Waals surface area (Å²) in [7, 11) is 0. The molecule has 0 heterocycles. The summed E-state index contributed by atoms with van der Waals surface area (Å²) in [6.45, 7) is 4.83. The van der Waals surface area contributed by atoms with Gasteiger partial charge in [0.25, 0.3) is 0 Å². The van der Waals surface area contributed by atoms with Crippen molar-refractivity contribution in [3.63, 3.8) is 0 Å². The Morgan fingerprint density at radius 2 is 1.67 bits per heavy atom. The Morgan fingerprint density at radius 1 is 1.00 bits per heavy atom. The third kappa shape index (κ3) is 3.98. The van der Waals surface area contributed by atoms with Crippen LogP contribution in [0.25, 0.3) is 0 Å². The minimum atomic E-state index is 0.00704. The molecule has 1 heteroatoms. The Hall–Kier alpha value is -0.0400. The van der Waals surface area contributed by atoms with Gasteiger partial charge in [-0.2, -0.15) is 0 Å². The second-order valence-electron chi connectivity index (χ2n) is 7.09. The number of hydrogen-bond acceptors (Lipinski definition) is 1. The largest absolute Gasteiger partial charge is 0.393 e. The summed E-state index contributed by atoms with van der Waals surface area (Å²) in [5.74, 6) is 3.81. The van der Waals surface area contributed by atoms with Crippen LogP contribution in [-0.2, 0) is 0 Å². The van der Waals surface area contributed by atoms with Gasteiger partial charge < -0.3 is 5.11 Å². The summed E-state index contributed by atoms with van der Waals surface area (Å²) < 4.78 is 0. The van der Waals surface area contributed by atoms with Crippen molar-refractivity contribution in [2.45, 2.75) is 84.2 Å². The summed E-state index contributed by atoms with van der Waals surface area (Å²) in [6, 6.07) is 0. The normalized spacial score (nSPS) is 39.5. The fraction of sp³-hybridized carbons (Fsp3) is 1.00. The van der Waals surface area contributed by atoms with E-state index >= 15 is 0 Å². The molecule has 0 aromatic rings. The molecule has 0 aliphatic heterocycles. The van der Waals surface area contributed by atoms with Gasteiger partial charge in [-0.05, 0) is 62.2 Å². The van der Waals surface area contributed by atoms with E-state index < -0.39 is 0 Å². The van der Waals surface area contributed by atoms with Crippen LogP contribution in [0.5, 0.6) is 0 Å². The highest BCUT2D eigenvalue weighted by atomic mass is 16.3. The third-order valence-corrected chi connectivity index (χ3v) is 5.72. The predicted molar refractivity (Wildman–Crippen MR) is 77.5 cm³/mol. The van der Waals surface area contributed by atoms with Crippen LogP contribution in [0.2, 0.25) is 0 Å². The van der Waals surface area contributed by atoms with Crippen LogP contribution in [0.15, 0.2) is 0 Å². The zero-order valence-electron chi connectivity index (χ0n) is 12.4. The van der Waals surface area contributed by atoms with Crippen molar-refractivity contribution in [2.24, 2.45) is 23.7 Å². The van der Waals surface area contributed by atoms with Crippen molar-refractivity contribution >= 4 is 0 Å². The van der Waals surface area contributed by atoms with Gasteiger partial charge in [0.15, 0.2) is 0 Å². The molecule has 0 spiro atoms. The van der Waals surface area contributed by atoms with E-state index in [2.05, 4.69) is 13.8 Å². The lowest BCUT2D eigenvalue weighted by molar-refractivity contribution is 0.0852. The second-order valence-corrected chi connectivity index (χ2v) is 7.09. The van der Waals surface area contributed by atoms with E-state index in [1.807, 2.05) is 0 Å². The molecule has 18 heavy (non-hydrogen) atoms. The standard InChI is InChI=1S/C17H32O/c1-3-14-5-4-6-15(12-14)11-13(2)16-7-9-17(18)10-8-16/h13-18H,3-12H2,1-2H3. The average Bonchev–Trinajstić information content (AvgIpc) is 2.39. The van der Waals surface area contributed by atoms with E-state index in [-0.39, 0.29) is 6.10 Å². The first-order valence-electron chi connectivity index (χ1n) is 8.37. The molecular formula is C17H32O. The van der Waals surface area contributed by atoms with Gasteiger partial charge in [-0.25, -0.2) is 0 Å². The maximum atomic E-state index is 9.60. The Morgan fingerprint density at radius 3 is 2.33 bits per heavy atom. The van der Waals surface area contributed by atoms with Gasteiger partial charge >= 0.3 is 0 Å². The van der Waals surface area contributed by atoms with E-state index in [0.717, 1.165) is 36.5 Å². The van der Waals surface area contributed by atoms with Crippen LogP contribution in [0, 0.1) is 23.7 Å². The van der Waals surface area contributed by atoms with Gasteiger partial charge in [-0.3, -0.25) is 0 Å². The molecule has 0 bridgehead atoms. The topological polar surface area (TPSA) is 20.2 Å². The number of aliphatic hydroxyl groups excluding tert-OH is 1. The molecule has 0 aromatic heterocycles. The van der Waals surface area contributed by atoms with E-state index in [1.54, 1.807) is 0 Å². The van der Waals surface area contributed by atoms with E-state index in [0.29, 0.717) is 0 Å². The molecule has 0 aromatic carbocycles. The SMILES string of the molecule is CCC1CCCC(CC(C)C2CCC(O)CC2)C1. The Labute approximate surface area is 113 Å². The second kappa shape index (κ2) is 6.93. The van der Waals surface area contributed by atoms with Crippen molar-refractivity contribution in [3.8, 4) is 0 Å². The number of rotatable bonds is 4. The number of aliphatic hydroxyl groups is 1. The molecule has 3 atom stereocenters. The Bertz CT molecular complexity index is 230. The molecule has 2 rings (SSSR count). The maximum absolute atomic E-state index is 9.60. The summed E-state index contributed by atoms with van der Waals surface area (Å²) in [6.07, 6.45) is 13.4. The minimum absolute atomic E-state index is 0.00704. The van der Waals surface area contributed by atoms with Crippen molar-refractivity contribution in [3.05, 3.63) is 0 Å². The van der Waals surface area contributed by atoms with Gasteiger partial charge in [0, 0.05) is 0 Å². The first kappa shape index (κ1) is 14.4. The maximum Gasteiger partial charge on any atom is 0.0540 e. The molecule has 0 saturated heterocycles. The first-order valence-corrected chi connectivity index (χ1v) is 8.37. The average molecular weight is 252 g/mol. The van der Waals surface area contributed by atoms with Gasteiger partial charge in [0.2, 0.25) is 0 Å². The molecule has 0 amide bonds. The molecular weight excluding hydrogens is 220 g/mol. The van der Waals surface area contributed by atoms with Crippen molar-refractivity contribution < 1.29 is 5.11 Å². The lowest BCUT2D eigenvalue weighted by atomic mass is 9.72. The predicted octanol–water partition coefficient (Wildman–Crippen LogP) is 4.78. The van der Waals surface area contributed by atoms with Gasteiger partial charge in [0.05, 0.1) is 6.10 Å². The van der Waals surface area contributed by atoms with E-state index in [4.69, 9.17) is 0 Å². The van der Waals surface area contributed by atoms with Crippen molar-refractivity contribution in [1.29, 1.82) is 0 Å². The highest BCUT2D eigenvalue weighted by Gasteiger charge is 2.28. The van der Waals surface area contributed by atoms with Crippen LogP contribution >= 0.6 is 0 Å². The minimum Gasteiger partial charge on any atom is -0.393 e. The molecule has 2 fully saturated rings. The zero-order chi connectivity index (χ0) is 13.0. The lowest BCUT2D eigenvalue weighted by Gasteiger charge is -2.35. The van der Waals surface area contributed by atoms with Crippen LogP contribution < -0.4 is 0 Å². The van der Waals surface area contributed by atoms with E-state index in [1.165, 1.54) is 51.4 Å². The van der Waals surface area contributed by atoms with Crippen LogP contribution in [0.1, 0.15) is 78.1 Å². The quantitative estimate of drug-likeness (QED) is 0.763. The molecule has 2 saturated carbocycles. The van der Waals surface area contributed by atoms with Crippen LogP contribution in [-0.4, -0.2) is 11.2 Å².